The van der Waals surface area contributed by atoms with Gasteiger partial charge in [0.1, 0.15) is 0 Å². The second-order valence-electron chi connectivity index (χ2n) is 4.71. The highest BCUT2D eigenvalue weighted by Gasteiger charge is 2.16. The topological polar surface area (TPSA) is 81.4 Å². The van der Waals surface area contributed by atoms with Crippen LogP contribution in [0.1, 0.15) is 26.7 Å². The summed E-state index contributed by atoms with van der Waals surface area (Å²) in [7, 11) is -3.50. The number of ether oxygens (including phenoxy) is 1. The summed E-state index contributed by atoms with van der Waals surface area (Å²) in [5, 5.41) is 0. The predicted octanol–water partition coefficient (Wildman–Crippen LogP) is 2.51. The molecule has 0 atom stereocenters. The summed E-state index contributed by atoms with van der Waals surface area (Å²) < 4.78 is 32.6. The lowest BCUT2D eigenvalue weighted by Crippen LogP contribution is -2.25. The molecule has 0 saturated carbocycles. The lowest BCUT2D eigenvalue weighted by Gasteiger charge is -2.10. The first-order valence-electron chi connectivity index (χ1n) is 6.49. The number of halogens is 1. The molecule has 114 valence electrons. The standard InChI is InChI=1S/C13H21BrN2O3S/c1-10(2)19-8-4-3-7-16-20(17,18)13-6-5-11(15)9-12(13)14/h5-6,9-10,16H,3-4,7-8,15H2,1-2H3. The van der Waals surface area contributed by atoms with Crippen molar-refractivity contribution in [1.29, 1.82) is 0 Å². The number of hydrogen-bond donors (Lipinski definition) is 2. The van der Waals surface area contributed by atoms with Crippen molar-refractivity contribution in [1.82, 2.24) is 4.72 Å². The average Bonchev–Trinajstić information content (AvgIpc) is 2.32. The fourth-order valence-electron chi connectivity index (χ4n) is 1.57. The van der Waals surface area contributed by atoms with Crippen LogP contribution in [0.4, 0.5) is 5.69 Å². The first-order valence-corrected chi connectivity index (χ1v) is 8.77. The van der Waals surface area contributed by atoms with Crippen molar-refractivity contribution >= 4 is 31.6 Å². The summed E-state index contributed by atoms with van der Waals surface area (Å²) >= 11 is 3.21. The molecule has 0 unspecified atom stereocenters. The molecule has 0 bridgehead atoms. The van der Waals surface area contributed by atoms with Gasteiger partial charge >= 0.3 is 0 Å². The zero-order chi connectivity index (χ0) is 15.2. The molecule has 0 aliphatic heterocycles. The van der Waals surface area contributed by atoms with Crippen LogP contribution < -0.4 is 10.5 Å². The van der Waals surface area contributed by atoms with Gasteiger partial charge in [-0.2, -0.15) is 0 Å². The van der Waals surface area contributed by atoms with Crippen LogP contribution in [0, 0.1) is 0 Å². The van der Waals surface area contributed by atoms with Crippen molar-refractivity contribution in [2.24, 2.45) is 0 Å². The van der Waals surface area contributed by atoms with Crippen LogP contribution in [0.3, 0.4) is 0 Å². The minimum absolute atomic E-state index is 0.199. The number of hydrogen-bond acceptors (Lipinski definition) is 4. The third-order valence-electron chi connectivity index (χ3n) is 2.56. The Kier molecular flexibility index (Phi) is 6.94. The van der Waals surface area contributed by atoms with E-state index >= 15 is 0 Å². The Balaban J connectivity index is 2.46. The van der Waals surface area contributed by atoms with E-state index in [9.17, 15) is 8.42 Å². The molecule has 20 heavy (non-hydrogen) atoms. The monoisotopic (exact) mass is 364 g/mol. The molecule has 0 radical (unpaired) electrons. The lowest BCUT2D eigenvalue weighted by atomic mass is 10.3. The molecule has 1 aromatic rings. The third-order valence-corrected chi connectivity index (χ3v) is 5.00. The second kappa shape index (κ2) is 7.97. The number of nitrogens with one attached hydrogen (secondary N) is 1. The van der Waals surface area contributed by atoms with Gasteiger partial charge in [-0.3, -0.25) is 0 Å². The van der Waals surface area contributed by atoms with Crippen molar-refractivity contribution in [3.05, 3.63) is 22.7 Å². The second-order valence-corrected chi connectivity index (χ2v) is 7.30. The van der Waals surface area contributed by atoms with Crippen LogP contribution in [0.25, 0.3) is 0 Å². The molecular weight excluding hydrogens is 344 g/mol. The third kappa shape index (κ3) is 5.78. The maximum Gasteiger partial charge on any atom is 0.241 e. The Morgan fingerprint density at radius 2 is 2.05 bits per heavy atom. The van der Waals surface area contributed by atoms with Gasteiger partial charge < -0.3 is 10.5 Å². The Bertz CT molecular complexity index is 532. The number of benzene rings is 1. The summed E-state index contributed by atoms with van der Waals surface area (Å²) in [6, 6.07) is 4.63. The molecule has 0 fully saturated rings. The molecule has 3 N–H and O–H groups in total. The zero-order valence-electron chi connectivity index (χ0n) is 11.7. The number of nitrogens with two attached hydrogens (primary N) is 1. The molecule has 1 rings (SSSR count). The van der Waals surface area contributed by atoms with Gasteiger partial charge in [-0.25, -0.2) is 13.1 Å². The van der Waals surface area contributed by atoms with Gasteiger partial charge in [0.15, 0.2) is 0 Å². The van der Waals surface area contributed by atoms with E-state index in [-0.39, 0.29) is 11.0 Å². The molecule has 0 aliphatic carbocycles. The Hall–Kier alpha value is -0.630. The van der Waals surface area contributed by atoms with Crippen LogP contribution in [0.2, 0.25) is 0 Å². The number of unbranched alkanes of at least 4 members (excludes halogenated alkanes) is 1. The van der Waals surface area contributed by atoms with Crippen molar-refractivity contribution < 1.29 is 13.2 Å². The highest BCUT2D eigenvalue weighted by Crippen LogP contribution is 2.23. The van der Waals surface area contributed by atoms with Gasteiger partial charge in [-0.05, 0) is 60.8 Å². The number of sulfonamides is 1. The first-order chi connectivity index (χ1) is 9.33. The molecule has 0 saturated heterocycles. The molecule has 0 amide bonds. The Labute approximate surface area is 129 Å². The lowest BCUT2D eigenvalue weighted by molar-refractivity contribution is 0.0762. The van der Waals surface area contributed by atoms with Gasteiger partial charge in [-0.15, -0.1) is 0 Å². The van der Waals surface area contributed by atoms with E-state index in [1.54, 1.807) is 12.1 Å². The minimum atomic E-state index is -3.50. The van der Waals surface area contributed by atoms with E-state index in [4.69, 9.17) is 10.5 Å². The van der Waals surface area contributed by atoms with Gasteiger partial charge in [0.2, 0.25) is 10.0 Å². The van der Waals surface area contributed by atoms with Crippen molar-refractivity contribution in [2.75, 3.05) is 18.9 Å². The highest BCUT2D eigenvalue weighted by atomic mass is 79.9. The summed E-state index contributed by atoms with van der Waals surface area (Å²) in [5.74, 6) is 0. The maximum atomic E-state index is 12.1. The van der Waals surface area contributed by atoms with E-state index in [0.717, 1.165) is 12.8 Å². The molecule has 7 heteroatoms. The summed E-state index contributed by atoms with van der Waals surface area (Å²) in [4.78, 5) is 0.199. The van der Waals surface area contributed by atoms with Crippen LogP contribution in [0.15, 0.2) is 27.6 Å². The number of anilines is 1. The van der Waals surface area contributed by atoms with E-state index in [0.29, 0.717) is 23.3 Å². The van der Waals surface area contributed by atoms with E-state index in [2.05, 4.69) is 20.7 Å². The quantitative estimate of drug-likeness (QED) is 0.548. The van der Waals surface area contributed by atoms with Gasteiger partial charge in [0.25, 0.3) is 0 Å². The highest BCUT2D eigenvalue weighted by molar-refractivity contribution is 9.10. The predicted molar refractivity (Wildman–Crippen MR) is 84.1 cm³/mol. The van der Waals surface area contributed by atoms with Gasteiger partial charge in [0, 0.05) is 23.3 Å². The fraction of sp³-hybridized carbons (Fsp3) is 0.538. The molecular formula is C13H21BrN2O3S. The SMILES string of the molecule is CC(C)OCCCCNS(=O)(=O)c1ccc(N)cc1Br. The normalized spacial score (nSPS) is 12.0. The first kappa shape index (κ1) is 17.4. The minimum Gasteiger partial charge on any atom is -0.399 e. The molecule has 0 heterocycles. The smallest absolute Gasteiger partial charge is 0.241 e. The molecule has 1 aromatic carbocycles. The Morgan fingerprint density at radius 3 is 2.65 bits per heavy atom. The fourth-order valence-corrected chi connectivity index (χ4v) is 3.73. The van der Waals surface area contributed by atoms with Crippen LogP contribution in [0.5, 0.6) is 0 Å². The Morgan fingerprint density at radius 1 is 1.35 bits per heavy atom. The van der Waals surface area contributed by atoms with Crippen LogP contribution in [-0.4, -0.2) is 27.7 Å². The summed E-state index contributed by atoms with van der Waals surface area (Å²) in [6.07, 6.45) is 1.76. The van der Waals surface area contributed by atoms with Gasteiger partial charge in [-0.1, -0.05) is 0 Å². The van der Waals surface area contributed by atoms with E-state index in [1.807, 2.05) is 13.8 Å². The van der Waals surface area contributed by atoms with Crippen molar-refractivity contribution in [3.63, 3.8) is 0 Å². The van der Waals surface area contributed by atoms with E-state index < -0.39 is 10.0 Å². The molecule has 0 aliphatic rings. The van der Waals surface area contributed by atoms with Crippen LogP contribution >= 0.6 is 15.9 Å². The number of nitrogen functional groups attached to an aromatic ring is 1. The molecule has 0 spiro atoms. The zero-order valence-corrected chi connectivity index (χ0v) is 14.1. The summed E-state index contributed by atoms with van der Waals surface area (Å²) in [6.45, 7) is 4.98. The van der Waals surface area contributed by atoms with Crippen LogP contribution in [-0.2, 0) is 14.8 Å². The average molecular weight is 365 g/mol. The summed E-state index contributed by atoms with van der Waals surface area (Å²) in [5.41, 5.74) is 6.11. The molecule has 5 nitrogen and oxygen atoms in total. The van der Waals surface area contributed by atoms with Gasteiger partial charge in [0.05, 0.1) is 11.0 Å². The largest absolute Gasteiger partial charge is 0.399 e. The van der Waals surface area contributed by atoms with Crippen molar-refractivity contribution in [3.8, 4) is 0 Å². The maximum absolute atomic E-state index is 12.1. The van der Waals surface area contributed by atoms with Crippen molar-refractivity contribution in [2.45, 2.75) is 37.7 Å². The van der Waals surface area contributed by atoms with E-state index in [1.165, 1.54) is 6.07 Å². The molecule has 0 aromatic heterocycles. The number of rotatable bonds is 8.